The van der Waals surface area contributed by atoms with Gasteiger partial charge in [-0.15, -0.1) is 0 Å². The summed E-state index contributed by atoms with van der Waals surface area (Å²) in [5.74, 6) is -0.584. The van der Waals surface area contributed by atoms with Gasteiger partial charge in [0.1, 0.15) is 0 Å². The molecule has 0 bridgehead atoms. The van der Waals surface area contributed by atoms with Crippen molar-refractivity contribution in [1.29, 1.82) is 0 Å². The summed E-state index contributed by atoms with van der Waals surface area (Å²) >= 11 is 0. The second-order valence-corrected chi connectivity index (χ2v) is 7.44. The molecule has 2 atom stereocenters. The molecule has 1 aliphatic carbocycles. The molecule has 3 fully saturated rings. The zero-order valence-corrected chi connectivity index (χ0v) is 13.3. The lowest BCUT2D eigenvalue weighted by Crippen LogP contribution is -2.56. The SMILES string of the molecule is CCCC1(C(=O)O)CCCN(C2CCOC3(CCC3)C2)C1. The van der Waals surface area contributed by atoms with E-state index < -0.39 is 11.4 Å². The molecule has 3 rings (SSSR count). The van der Waals surface area contributed by atoms with Gasteiger partial charge in [0.25, 0.3) is 0 Å². The maximum atomic E-state index is 11.8. The molecule has 21 heavy (non-hydrogen) atoms. The van der Waals surface area contributed by atoms with E-state index in [9.17, 15) is 9.90 Å². The van der Waals surface area contributed by atoms with Gasteiger partial charge in [0, 0.05) is 19.2 Å². The van der Waals surface area contributed by atoms with Gasteiger partial charge in [-0.25, -0.2) is 0 Å². The molecule has 2 heterocycles. The highest BCUT2D eigenvalue weighted by Gasteiger charge is 2.47. The summed E-state index contributed by atoms with van der Waals surface area (Å²) < 4.78 is 6.03. The highest BCUT2D eigenvalue weighted by molar-refractivity contribution is 5.75. The normalized spacial score (nSPS) is 36.3. The van der Waals surface area contributed by atoms with Gasteiger partial charge in [-0.3, -0.25) is 9.69 Å². The number of rotatable bonds is 4. The number of hydrogen-bond acceptors (Lipinski definition) is 3. The van der Waals surface area contributed by atoms with Crippen molar-refractivity contribution in [2.45, 2.75) is 76.4 Å². The quantitative estimate of drug-likeness (QED) is 0.866. The number of likely N-dealkylation sites (tertiary alicyclic amines) is 1. The van der Waals surface area contributed by atoms with E-state index in [0.717, 1.165) is 58.2 Å². The highest BCUT2D eigenvalue weighted by Crippen LogP contribution is 2.45. The first kappa shape index (κ1) is 15.3. The van der Waals surface area contributed by atoms with Crippen molar-refractivity contribution in [3.8, 4) is 0 Å². The van der Waals surface area contributed by atoms with E-state index in [2.05, 4.69) is 11.8 Å². The number of carboxylic acid groups (broad SMARTS) is 1. The summed E-state index contributed by atoms with van der Waals surface area (Å²) in [6.07, 6.45) is 9.54. The van der Waals surface area contributed by atoms with Crippen molar-refractivity contribution in [1.82, 2.24) is 4.90 Å². The largest absolute Gasteiger partial charge is 0.481 e. The van der Waals surface area contributed by atoms with Crippen molar-refractivity contribution >= 4 is 5.97 Å². The summed E-state index contributed by atoms with van der Waals surface area (Å²) in [7, 11) is 0. The van der Waals surface area contributed by atoms with Crippen molar-refractivity contribution in [3.05, 3.63) is 0 Å². The first-order valence-electron chi connectivity index (χ1n) is 8.71. The van der Waals surface area contributed by atoms with Crippen LogP contribution >= 0.6 is 0 Å². The molecule has 0 radical (unpaired) electrons. The number of carbonyl (C=O) groups is 1. The molecule has 0 aromatic carbocycles. The van der Waals surface area contributed by atoms with E-state index in [1.807, 2.05) is 0 Å². The van der Waals surface area contributed by atoms with Crippen molar-refractivity contribution in [3.63, 3.8) is 0 Å². The maximum absolute atomic E-state index is 11.8. The van der Waals surface area contributed by atoms with Crippen molar-refractivity contribution in [2.24, 2.45) is 5.41 Å². The highest BCUT2D eigenvalue weighted by atomic mass is 16.5. The molecule has 1 N–H and O–H groups in total. The molecule has 4 heteroatoms. The zero-order valence-electron chi connectivity index (χ0n) is 13.3. The van der Waals surface area contributed by atoms with Crippen LogP contribution in [0.15, 0.2) is 0 Å². The predicted octanol–water partition coefficient (Wildman–Crippen LogP) is 3.06. The van der Waals surface area contributed by atoms with Gasteiger partial charge < -0.3 is 9.84 Å². The fourth-order valence-electron chi connectivity index (χ4n) is 4.68. The number of carboxylic acids is 1. The summed E-state index contributed by atoms with van der Waals surface area (Å²) in [6.45, 7) is 4.77. The Hall–Kier alpha value is -0.610. The molecule has 2 aliphatic heterocycles. The molecule has 0 aromatic rings. The zero-order chi connectivity index (χ0) is 14.9. The lowest BCUT2D eigenvalue weighted by molar-refractivity contribution is -0.163. The average Bonchev–Trinajstić information content (AvgIpc) is 2.46. The summed E-state index contributed by atoms with van der Waals surface area (Å²) in [5.41, 5.74) is -0.352. The van der Waals surface area contributed by atoms with Gasteiger partial charge in [-0.1, -0.05) is 13.3 Å². The minimum atomic E-state index is -0.584. The number of nitrogens with zero attached hydrogens (tertiary/aromatic N) is 1. The Kier molecular flexibility index (Phi) is 4.28. The van der Waals surface area contributed by atoms with Crippen LogP contribution in [-0.4, -0.2) is 47.3 Å². The molecule has 4 nitrogen and oxygen atoms in total. The Morgan fingerprint density at radius 1 is 1.33 bits per heavy atom. The second kappa shape index (κ2) is 5.88. The van der Waals surface area contributed by atoms with Crippen LogP contribution in [0.4, 0.5) is 0 Å². The van der Waals surface area contributed by atoms with Gasteiger partial charge in [0.15, 0.2) is 0 Å². The molecular formula is C17H29NO3. The maximum Gasteiger partial charge on any atom is 0.310 e. The topological polar surface area (TPSA) is 49.8 Å². The fraction of sp³-hybridized carbons (Fsp3) is 0.941. The van der Waals surface area contributed by atoms with Gasteiger partial charge >= 0.3 is 5.97 Å². The molecule has 2 unspecified atom stereocenters. The molecular weight excluding hydrogens is 266 g/mol. The van der Waals surface area contributed by atoms with E-state index in [1.165, 1.54) is 19.3 Å². The van der Waals surface area contributed by atoms with Crippen LogP contribution in [0, 0.1) is 5.41 Å². The van der Waals surface area contributed by atoms with E-state index in [-0.39, 0.29) is 5.60 Å². The standard InChI is InChI=1S/C17H29NO3/c1-2-6-16(15(19)20)7-4-10-18(13-16)14-5-11-21-17(12-14)8-3-9-17/h14H,2-13H2,1H3,(H,19,20). The van der Waals surface area contributed by atoms with Crippen LogP contribution in [0.3, 0.4) is 0 Å². The van der Waals surface area contributed by atoms with Crippen LogP contribution < -0.4 is 0 Å². The van der Waals surface area contributed by atoms with Crippen LogP contribution in [0.5, 0.6) is 0 Å². The summed E-state index contributed by atoms with van der Waals surface area (Å²) in [4.78, 5) is 14.3. The Labute approximate surface area is 127 Å². The number of aliphatic carboxylic acids is 1. The first-order valence-corrected chi connectivity index (χ1v) is 8.71. The summed E-state index contributed by atoms with van der Waals surface area (Å²) in [6, 6.07) is 0.537. The van der Waals surface area contributed by atoms with Crippen LogP contribution in [0.1, 0.15) is 64.7 Å². The molecule has 0 aromatic heterocycles. The number of hydrogen-bond donors (Lipinski definition) is 1. The first-order chi connectivity index (χ1) is 10.1. The third kappa shape index (κ3) is 2.85. The minimum Gasteiger partial charge on any atom is -0.481 e. The van der Waals surface area contributed by atoms with Crippen LogP contribution in [0.2, 0.25) is 0 Å². The number of piperidine rings is 1. The van der Waals surface area contributed by atoms with Crippen molar-refractivity contribution < 1.29 is 14.6 Å². The molecule has 2 saturated heterocycles. The van der Waals surface area contributed by atoms with Gasteiger partial charge in [-0.2, -0.15) is 0 Å². The molecule has 1 spiro atoms. The average molecular weight is 295 g/mol. The summed E-state index contributed by atoms with van der Waals surface area (Å²) in [5, 5.41) is 9.74. The van der Waals surface area contributed by atoms with Crippen LogP contribution in [0.25, 0.3) is 0 Å². The van der Waals surface area contributed by atoms with Crippen LogP contribution in [-0.2, 0) is 9.53 Å². The fourth-order valence-corrected chi connectivity index (χ4v) is 4.68. The monoisotopic (exact) mass is 295 g/mol. The van der Waals surface area contributed by atoms with Gasteiger partial charge in [0.2, 0.25) is 0 Å². The van der Waals surface area contributed by atoms with E-state index in [1.54, 1.807) is 0 Å². The Balaban J connectivity index is 1.68. The van der Waals surface area contributed by atoms with E-state index in [4.69, 9.17) is 4.74 Å². The molecule has 3 aliphatic rings. The second-order valence-electron chi connectivity index (χ2n) is 7.44. The van der Waals surface area contributed by atoms with Gasteiger partial charge in [0.05, 0.1) is 11.0 Å². The minimum absolute atomic E-state index is 0.150. The lowest BCUT2D eigenvalue weighted by atomic mass is 9.72. The molecule has 0 amide bonds. The van der Waals surface area contributed by atoms with E-state index >= 15 is 0 Å². The van der Waals surface area contributed by atoms with Crippen molar-refractivity contribution in [2.75, 3.05) is 19.7 Å². The number of ether oxygens (including phenoxy) is 1. The Morgan fingerprint density at radius 2 is 2.14 bits per heavy atom. The van der Waals surface area contributed by atoms with Gasteiger partial charge in [-0.05, 0) is 57.9 Å². The molecule has 1 saturated carbocycles. The Bertz CT molecular complexity index is 389. The Morgan fingerprint density at radius 3 is 2.76 bits per heavy atom. The molecule has 120 valence electrons. The predicted molar refractivity (Wildman–Crippen MR) is 81.3 cm³/mol. The lowest BCUT2D eigenvalue weighted by Gasteiger charge is -2.52. The third-order valence-corrected chi connectivity index (χ3v) is 6.04. The smallest absolute Gasteiger partial charge is 0.310 e. The van der Waals surface area contributed by atoms with E-state index in [0.29, 0.717) is 6.04 Å². The third-order valence-electron chi connectivity index (χ3n) is 6.04.